The summed E-state index contributed by atoms with van der Waals surface area (Å²) >= 11 is 0. The summed E-state index contributed by atoms with van der Waals surface area (Å²) in [6.45, 7) is 11.0. The van der Waals surface area contributed by atoms with Crippen molar-refractivity contribution in [3.05, 3.63) is 0 Å². The number of hydrogen-bond donors (Lipinski definition) is 3. The van der Waals surface area contributed by atoms with Crippen molar-refractivity contribution < 1.29 is 9.90 Å². The van der Waals surface area contributed by atoms with Gasteiger partial charge in [0.1, 0.15) is 0 Å². The van der Waals surface area contributed by atoms with Gasteiger partial charge in [-0.05, 0) is 30.6 Å². The molecule has 0 aromatic rings. The van der Waals surface area contributed by atoms with E-state index in [1.54, 1.807) is 0 Å². The third-order valence-electron chi connectivity index (χ3n) is 5.07. The summed E-state index contributed by atoms with van der Waals surface area (Å²) in [7, 11) is 0. The lowest BCUT2D eigenvalue weighted by Crippen LogP contribution is -2.56. The standard InChI is InChI=1S/C17H33N3O2/c1-14-10-16(2,3)12-17(11-14,13-21)19-5-4-15(22)20-8-6-18-7-9-20/h14,18-19,21H,4-13H2,1-3H3. The molecule has 1 amide bonds. The van der Waals surface area contributed by atoms with Gasteiger partial charge >= 0.3 is 0 Å². The van der Waals surface area contributed by atoms with Gasteiger partial charge in [0.15, 0.2) is 0 Å². The topological polar surface area (TPSA) is 64.6 Å². The first-order chi connectivity index (χ1) is 10.4. The van der Waals surface area contributed by atoms with Crippen LogP contribution in [0.25, 0.3) is 0 Å². The Kier molecular flexibility index (Phi) is 5.86. The Morgan fingerprint density at radius 1 is 1.32 bits per heavy atom. The van der Waals surface area contributed by atoms with Crippen LogP contribution < -0.4 is 10.6 Å². The van der Waals surface area contributed by atoms with E-state index < -0.39 is 0 Å². The lowest BCUT2D eigenvalue weighted by atomic mass is 9.64. The van der Waals surface area contributed by atoms with Gasteiger partial charge in [0.2, 0.25) is 5.91 Å². The fourth-order valence-corrected chi connectivity index (χ4v) is 4.56. The van der Waals surface area contributed by atoms with Gasteiger partial charge in [-0.25, -0.2) is 0 Å². The zero-order valence-electron chi connectivity index (χ0n) is 14.5. The number of carbonyl (C=O) groups excluding carboxylic acids is 1. The molecule has 0 spiro atoms. The molecule has 0 aromatic heterocycles. The van der Waals surface area contributed by atoms with E-state index in [9.17, 15) is 9.90 Å². The zero-order valence-corrected chi connectivity index (χ0v) is 14.5. The zero-order chi connectivity index (χ0) is 16.2. The molecule has 1 saturated heterocycles. The summed E-state index contributed by atoms with van der Waals surface area (Å²) in [5, 5.41) is 16.7. The maximum Gasteiger partial charge on any atom is 0.223 e. The van der Waals surface area contributed by atoms with Crippen LogP contribution >= 0.6 is 0 Å². The Balaban J connectivity index is 1.84. The Bertz CT molecular complexity index is 380. The van der Waals surface area contributed by atoms with Gasteiger partial charge in [0.05, 0.1) is 6.61 Å². The third-order valence-corrected chi connectivity index (χ3v) is 5.07. The van der Waals surface area contributed by atoms with Crippen molar-refractivity contribution in [1.29, 1.82) is 0 Å². The van der Waals surface area contributed by atoms with Crippen molar-refractivity contribution in [2.24, 2.45) is 11.3 Å². The molecule has 128 valence electrons. The second-order valence-electron chi connectivity index (χ2n) is 8.10. The van der Waals surface area contributed by atoms with E-state index >= 15 is 0 Å². The highest BCUT2D eigenvalue weighted by molar-refractivity contribution is 5.76. The molecule has 1 aliphatic carbocycles. The Morgan fingerprint density at radius 3 is 2.59 bits per heavy atom. The molecule has 2 aliphatic rings. The Labute approximate surface area is 134 Å². The summed E-state index contributed by atoms with van der Waals surface area (Å²) in [6.07, 6.45) is 3.70. The van der Waals surface area contributed by atoms with Crippen molar-refractivity contribution in [2.75, 3.05) is 39.3 Å². The highest BCUT2D eigenvalue weighted by Gasteiger charge is 2.42. The van der Waals surface area contributed by atoms with Crippen molar-refractivity contribution in [3.63, 3.8) is 0 Å². The van der Waals surface area contributed by atoms with Gasteiger partial charge < -0.3 is 20.6 Å². The smallest absolute Gasteiger partial charge is 0.223 e. The summed E-state index contributed by atoms with van der Waals surface area (Å²) < 4.78 is 0. The minimum Gasteiger partial charge on any atom is -0.394 e. The molecule has 0 radical (unpaired) electrons. The average Bonchev–Trinajstić information content (AvgIpc) is 2.46. The molecule has 1 saturated carbocycles. The van der Waals surface area contributed by atoms with E-state index in [1.165, 1.54) is 6.42 Å². The van der Waals surface area contributed by atoms with Crippen molar-refractivity contribution in [2.45, 2.75) is 52.0 Å². The SMILES string of the molecule is CC1CC(C)(C)CC(CO)(NCCC(=O)N2CCNCC2)C1. The molecule has 2 rings (SSSR count). The third kappa shape index (κ3) is 4.67. The number of aliphatic hydroxyl groups is 1. The fourth-order valence-electron chi connectivity index (χ4n) is 4.56. The number of amides is 1. The van der Waals surface area contributed by atoms with E-state index in [0.29, 0.717) is 18.9 Å². The van der Waals surface area contributed by atoms with Crippen molar-refractivity contribution in [1.82, 2.24) is 15.5 Å². The van der Waals surface area contributed by atoms with E-state index in [2.05, 4.69) is 31.4 Å². The van der Waals surface area contributed by atoms with E-state index in [0.717, 1.165) is 39.0 Å². The monoisotopic (exact) mass is 311 g/mol. The van der Waals surface area contributed by atoms with Crippen LogP contribution in [0, 0.1) is 11.3 Å². The van der Waals surface area contributed by atoms with E-state index in [4.69, 9.17) is 0 Å². The largest absolute Gasteiger partial charge is 0.394 e. The highest BCUT2D eigenvalue weighted by atomic mass is 16.3. The lowest BCUT2D eigenvalue weighted by molar-refractivity contribution is -0.131. The first-order valence-corrected chi connectivity index (χ1v) is 8.70. The van der Waals surface area contributed by atoms with Crippen LogP contribution in [0.5, 0.6) is 0 Å². The molecule has 2 unspecified atom stereocenters. The number of rotatable bonds is 5. The molecule has 5 heteroatoms. The molecule has 3 N–H and O–H groups in total. The predicted octanol–water partition coefficient (Wildman–Crippen LogP) is 0.975. The van der Waals surface area contributed by atoms with Gasteiger partial charge in [-0.2, -0.15) is 0 Å². The summed E-state index contributed by atoms with van der Waals surface area (Å²) in [6, 6.07) is 0. The van der Waals surface area contributed by atoms with Crippen LogP contribution in [0.3, 0.4) is 0 Å². The lowest BCUT2D eigenvalue weighted by Gasteiger charge is -2.47. The molecule has 2 atom stereocenters. The number of carbonyl (C=O) groups is 1. The number of hydrogen-bond acceptors (Lipinski definition) is 4. The number of piperazine rings is 1. The molecule has 0 bridgehead atoms. The molecule has 5 nitrogen and oxygen atoms in total. The Morgan fingerprint density at radius 2 is 2.00 bits per heavy atom. The van der Waals surface area contributed by atoms with Crippen LogP contribution in [0.2, 0.25) is 0 Å². The first-order valence-electron chi connectivity index (χ1n) is 8.70. The maximum atomic E-state index is 12.2. The highest BCUT2D eigenvalue weighted by Crippen LogP contribution is 2.43. The Hall–Kier alpha value is -0.650. The summed E-state index contributed by atoms with van der Waals surface area (Å²) in [5.74, 6) is 0.831. The average molecular weight is 311 g/mol. The van der Waals surface area contributed by atoms with Crippen LogP contribution in [0.1, 0.15) is 46.5 Å². The summed E-state index contributed by atoms with van der Waals surface area (Å²) in [5.41, 5.74) is 0.0286. The molecule has 1 aliphatic heterocycles. The molecule has 1 heterocycles. The summed E-state index contributed by atoms with van der Waals surface area (Å²) in [4.78, 5) is 14.2. The second kappa shape index (κ2) is 7.28. The number of aliphatic hydroxyl groups excluding tert-OH is 1. The molecule has 2 fully saturated rings. The van der Waals surface area contributed by atoms with Gasteiger partial charge in [0, 0.05) is 44.7 Å². The quantitative estimate of drug-likeness (QED) is 0.708. The van der Waals surface area contributed by atoms with Crippen LogP contribution in [0.4, 0.5) is 0 Å². The van der Waals surface area contributed by atoms with E-state index in [-0.39, 0.29) is 23.5 Å². The van der Waals surface area contributed by atoms with Gasteiger partial charge in [-0.1, -0.05) is 20.8 Å². The van der Waals surface area contributed by atoms with Gasteiger partial charge in [-0.3, -0.25) is 4.79 Å². The molecular formula is C17H33N3O2. The normalized spacial score (nSPS) is 32.0. The maximum absolute atomic E-state index is 12.2. The molecule has 0 aromatic carbocycles. The first kappa shape index (κ1) is 17.7. The van der Waals surface area contributed by atoms with Gasteiger partial charge in [-0.15, -0.1) is 0 Å². The van der Waals surface area contributed by atoms with Crippen LogP contribution in [-0.2, 0) is 4.79 Å². The molecule has 22 heavy (non-hydrogen) atoms. The second-order valence-corrected chi connectivity index (χ2v) is 8.10. The number of nitrogens with one attached hydrogen (secondary N) is 2. The van der Waals surface area contributed by atoms with Crippen LogP contribution in [0.15, 0.2) is 0 Å². The van der Waals surface area contributed by atoms with Crippen molar-refractivity contribution in [3.8, 4) is 0 Å². The van der Waals surface area contributed by atoms with E-state index in [1.807, 2.05) is 4.90 Å². The predicted molar refractivity (Wildman–Crippen MR) is 88.7 cm³/mol. The minimum atomic E-state index is -0.217. The fraction of sp³-hybridized carbons (Fsp3) is 0.941. The number of nitrogens with zero attached hydrogens (tertiary/aromatic N) is 1. The molecular weight excluding hydrogens is 278 g/mol. The van der Waals surface area contributed by atoms with Gasteiger partial charge in [0.25, 0.3) is 0 Å². The van der Waals surface area contributed by atoms with Crippen LogP contribution in [-0.4, -0.2) is 60.8 Å². The minimum absolute atomic E-state index is 0.155. The van der Waals surface area contributed by atoms with Crippen molar-refractivity contribution >= 4 is 5.91 Å².